The van der Waals surface area contributed by atoms with Crippen LogP contribution in [0, 0.1) is 5.92 Å². The van der Waals surface area contributed by atoms with Gasteiger partial charge in [0.2, 0.25) is 11.8 Å². The van der Waals surface area contributed by atoms with E-state index in [2.05, 4.69) is 14.8 Å². The Kier molecular flexibility index (Phi) is 6.30. The van der Waals surface area contributed by atoms with Gasteiger partial charge in [0.15, 0.2) is 6.61 Å². The van der Waals surface area contributed by atoms with Crippen LogP contribution >= 0.6 is 0 Å². The summed E-state index contributed by atoms with van der Waals surface area (Å²) in [4.78, 5) is 34.1. The first-order valence-electron chi connectivity index (χ1n) is 5.20. The predicted molar refractivity (Wildman–Crippen MR) is 55.8 cm³/mol. The van der Waals surface area contributed by atoms with E-state index in [0.29, 0.717) is 0 Å². The number of methoxy groups -OCH3 is 1. The molecule has 0 bridgehead atoms. The Morgan fingerprint density at radius 3 is 2.05 bits per heavy atom. The fourth-order valence-electron chi connectivity index (χ4n) is 1.03. The molecular weight excluding hydrogens is 271 g/mol. The molecule has 0 fully saturated rings. The van der Waals surface area contributed by atoms with Crippen molar-refractivity contribution in [3.8, 4) is 0 Å². The highest BCUT2D eigenvalue weighted by Crippen LogP contribution is 2.16. The van der Waals surface area contributed by atoms with E-state index in [9.17, 15) is 27.6 Å². The molecule has 1 unspecified atom stereocenters. The molecule has 0 heterocycles. The van der Waals surface area contributed by atoms with Gasteiger partial charge in [0, 0.05) is 6.04 Å². The summed E-state index contributed by atoms with van der Waals surface area (Å²) in [6.07, 6.45) is -4.75. The molecule has 0 aromatic carbocycles. The average molecular weight is 285 g/mol. The van der Waals surface area contributed by atoms with Crippen molar-refractivity contribution in [1.29, 1.82) is 0 Å². The van der Waals surface area contributed by atoms with Gasteiger partial charge in [-0.1, -0.05) is 0 Å². The smallest absolute Gasteiger partial charge is 0.422 e. The number of amides is 1. The Hall–Kier alpha value is -1.80. The molecule has 0 radical (unpaired) electrons. The number of alkyl halides is 3. The second-order valence-corrected chi connectivity index (χ2v) is 3.84. The summed E-state index contributed by atoms with van der Waals surface area (Å²) in [6, 6.07) is -0.407. The van der Waals surface area contributed by atoms with Crippen molar-refractivity contribution in [2.24, 2.45) is 5.92 Å². The number of ether oxygens (including phenoxy) is 2. The highest BCUT2D eigenvalue weighted by Gasteiger charge is 2.39. The number of carbonyl (C=O) groups excluding carboxylic acids is 3. The lowest BCUT2D eigenvalue weighted by atomic mass is 10.1. The minimum Gasteiger partial charge on any atom is -0.468 e. The van der Waals surface area contributed by atoms with Crippen molar-refractivity contribution in [3.63, 3.8) is 0 Å². The van der Waals surface area contributed by atoms with Crippen molar-refractivity contribution in [1.82, 2.24) is 5.32 Å². The second kappa shape index (κ2) is 6.95. The number of hydrogen-bond donors (Lipinski definition) is 1. The predicted octanol–water partition coefficient (Wildman–Crippen LogP) is 0.406. The van der Waals surface area contributed by atoms with Crippen molar-refractivity contribution < 1.29 is 37.0 Å². The third-order valence-electron chi connectivity index (χ3n) is 1.74. The molecule has 0 aliphatic rings. The van der Waals surface area contributed by atoms with E-state index in [-0.39, 0.29) is 0 Å². The van der Waals surface area contributed by atoms with Gasteiger partial charge in [0.1, 0.15) is 0 Å². The SMILES string of the molecule is COC(=O)C(C(=O)NC(C)C)C(=O)OCC(F)(F)F. The molecule has 110 valence electrons. The molecule has 19 heavy (non-hydrogen) atoms. The number of nitrogens with one attached hydrogen (secondary N) is 1. The zero-order chi connectivity index (χ0) is 15.2. The van der Waals surface area contributed by atoms with Gasteiger partial charge in [-0.2, -0.15) is 13.2 Å². The normalized spacial score (nSPS) is 12.8. The maximum Gasteiger partial charge on any atom is 0.422 e. The van der Waals surface area contributed by atoms with E-state index in [1.54, 1.807) is 13.8 Å². The molecule has 6 nitrogen and oxygen atoms in total. The lowest BCUT2D eigenvalue weighted by Crippen LogP contribution is -2.44. The van der Waals surface area contributed by atoms with Crippen molar-refractivity contribution in [2.75, 3.05) is 13.7 Å². The van der Waals surface area contributed by atoms with Crippen molar-refractivity contribution in [3.05, 3.63) is 0 Å². The summed E-state index contributed by atoms with van der Waals surface area (Å²) in [5, 5.41) is 2.21. The van der Waals surface area contributed by atoms with Gasteiger partial charge < -0.3 is 14.8 Å². The van der Waals surface area contributed by atoms with Gasteiger partial charge in [0.05, 0.1) is 7.11 Å². The van der Waals surface area contributed by atoms with Crippen molar-refractivity contribution in [2.45, 2.75) is 26.1 Å². The second-order valence-electron chi connectivity index (χ2n) is 3.84. The molecule has 9 heteroatoms. The lowest BCUT2D eigenvalue weighted by molar-refractivity contribution is -0.191. The third-order valence-corrected chi connectivity index (χ3v) is 1.74. The molecule has 1 N–H and O–H groups in total. The van der Waals surface area contributed by atoms with E-state index in [1.165, 1.54) is 0 Å². The standard InChI is InChI=1S/C10H14F3NO5/c1-5(2)14-7(15)6(8(16)18-3)9(17)19-4-10(11,12)13/h5-6H,4H2,1-3H3,(H,14,15). The molecule has 0 saturated heterocycles. The van der Waals surface area contributed by atoms with Crippen LogP contribution in [0.25, 0.3) is 0 Å². The first-order valence-corrected chi connectivity index (χ1v) is 5.20. The van der Waals surface area contributed by atoms with E-state index >= 15 is 0 Å². The topological polar surface area (TPSA) is 81.7 Å². The quantitative estimate of drug-likeness (QED) is 0.584. The van der Waals surface area contributed by atoms with E-state index < -0.39 is 42.6 Å². The van der Waals surface area contributed by atoms with E-state index in [4.69, 9.17) is 0 Å². The highest BCUT2D eigenvalue weighted by atomic mass is 19.4. The molecule has 1 amide bonds. The minimum atomic E-state index is -4.75. The number of hydrogen-bond acceptors (Lipinski definition) is 5. The summed E-state index contributed by atoms with van der Waals surface area (Å²) in [5.74, 6) is -6.04. The van der Waals surface area contributed by atoms with Crippen LogP contribution in [-0.2, 0) is 23.9 Å². The fraction of sp³-hybridized carbons (Fsp3) is 0.700. The molecule has 0 aliphatic carbocycles. The summed E-state index contributed by atoms with van der Waals surface area (Å²) in [6.45, 7) is 1.22. The van der Waals surface area contributed by atoms with Gasteiger partial charge >= 0.3 is 18.1 Å². The largest absolute Gasteiger partial charge is 0.468 e. The molecule has 0 aromatic rings. The van der Waals surface area contributed by atoms with Crippen LogP contribution in [0.2, 0.25) is 0 Å². The van der Waals surface area contributed by atoms with Crippen LogP contribution in [0.1, 0.15) is 13.8 Å². The molecule has 0 spiro atoms. The maximum atomic E-state index is 11.9. The summed E-state index contributed by atoms with van der Waals surface area (Å²) >= 11 is 0. The van der Waals surface area contributed by atoms with Crippen LogP contribution in [0.3, 0.4) is 0 Å². The molecule has 1 atom stereocenters. The Morgan fingerprint density at radius 2 is 1.68 bits per heavy atom. The third kappa shape index (κ3) is 6.63. The average Bonchev–Trinajstić information content (AvgIpc) is 2.24. The van der Waals surface area contributed by atoms with E-state index in [1.807, 2.05) is 0 Å². The van der Waals surface area contributed by atoms with Gasteiger partial charge in [0.25, 0.3) is 0 Å². The lowest BCUT2D eigenvalue weighted by Gasteiger charge is -2.16. The zero-order valence-electron chi connectivity index (χ0n) is 10.5. The maximum absolute atomic E-state index is 11.9. The van der Waals surface area contributed by atoms with Crippen LogP contribution in [0.4, 0.5) is 13.2 Å². The molecule has 0 rings (SSSR count). The van der Waals surface area contributed by atoms with Gasteiger partial charge in [-0.3, -0.25) is 14.4 Å². The number of esters is 2. The Labute approximate surface area is 107 Å². The van der Waals surface area contributed by atoms with Crippen LogP contribution in [0.15, 0.2) is 0 Å². The van der Waals surface area contributed by atoms with Crippen molar-refractivity contribution >= 4 is 17.8 Å². The number of rotatable bonds is 5. The first-order chi connectivity index (χ1) is 8.58. The first kappa shape index (κ1) is 17.2. The Morgan fingerprint density at radius 1 is 1.16 bits per heavy atom. The fourth-order valence-corrected chi connectivity index (χ4v) is 1.03. The Bertz CT molecular complexity index is 354. The zero-order valence-corrected chi connectivity index (χ0v) is 10.5. The molecule has 0 saturated carbocycles. The number of halogens is 3. The van der Waals surface area contributed by atoms with Crippen LogP contribution in [-0.4, -0.2) is 43.8 Å². The molecular formula is C10H14F3NO5. The summed E-state index contributed by atoms with van der Waals surface area (Å²) < 4.78 is 43.7. The summed E-state index contributed by atoms with van der Waals surface area (Å²) in [7, 11) is 0.898. The Balaban J connectivity index is 4.80. The van der Waals surface area contributed by atoms with Gasteiger partial charge in [-0.05, 0) is 13.8 Å². The van der Waals surface area contributed by atoms with E-state index in [0.717, 1.165) is 7.11 Å². The molecule has 0 aromatic heterocycles. The summed E-state index contributed by atoms with van der Waals surface area (Å²) in [5.41, 5.74) is 0. The number of carbonyl (C=O) groups is 3. The highest BCUT2D eigenvalue weighted by molar-refractivity contribution is 6.14. The van der Waals surface area contributed by atoms with Gasteiger partial charge in [-0.15, -0.1) is 0 Å². The monoisotopic (exact) mass is 285 g/mol. The van der Waals surface area contributed by atoms with Crippen LogP contribution < -0.4 is 5.32 Å². The van der Waals surface area contributed by atoms with Crippen LogP contribution in [0.5, 0.6) is 0 Å². The van der Waals surface area contributed by atoms with Gasteiger partial charge in [-0.25, -0.2) is 0 Å². The minimum absolute atomic E-state index is 0.407. The molecule has 0 aliphatic heterocycles.